The normalized spacial score (nSPS) is 10.7. The van der Waals surface area contributed by atoms with E-state index in [1.807, 2.05) is 77.3 Å². The Morgan fingerprint density at radius 2 is 1.64 bits per heavy atom. The van der Waals surface area contributed by atoms with Gasteiger partial charge in [0.15, 0.2) is 0 Å². The highest BCUT2D eigenvalue weighted by Crippen LogP contribution is 2.29. The second kappa shape index (κ2) is 5.33. The molecule has 0 aliphatic rings. The van der Waals surface area contributed by atoms with Crippen molar-refractivity contribution >= 4 is 17.2 Å². The Kier molecular flexibility index (Phi) is 3.05. The Balaban J connectivity index is 1.91. The molecular weight excluding hydrogens is 272 g/mol. The third-order valence-electron chi connectivity index (χ3n) is 3.47. The monoisotopic (exact) mass is 286 g/mol. The summed E-state index contributed by atoms with van der Waals surface area (Å²) in [7, 11) is 0. The SMILES string of the molecule is c1ccc(Nc2c(-c3ccccn3)nc3ccccn23)cc1. The number of fused-ring (bicyclic) bond motifs is 1. The van der Waals surface area contributed by atoms with Crippen LogP contribution in [0.3, 0.4) is 0 Å². The van der Waals surface area contributed by atoms with E-state index in [1.165, 1.54) is 0 Å². The van der Waals surface area contributed by atoms with Gasteiger partial charge in [-0.05, 0) is 36.4 Å². The van der Waals surface area contributed by atoms with Crippen LogP contribution >= 0.6 is 0 Å². The van der Waals surface area contributed by atoms with Crippen molar-refractivity contribution in [3.05, 3.63) is 79.1 Å². The van der Waals surface area contributed by atoms with Gasteiger partial charge in [0.2, 0.25) is 0 Å². The molecule has 0 amide bonds. The number of aromatic nitrogens is 3. The average molecular weight is 286 g/mol. The summed E-state index contributed by atoms with van der Waals surface area (Å²) in [5.41, 5.74) is 3.60. The van der Waals surface area contributed by atoms with Crippen LogP contribution in [-0.4, -0.2) is 14.4 Å². The third kappa shape index (κ3) is 2.20. The van der Waals surface area contributed by atoms with Crippen molar-refractivity contribution in [3.63, 3.8) is 0 Å². The molecule has 0 atom stereocenters. The highest BCUT2D eigenvalue weighted by molar-refractivity contribution is 5.77. The van der Waals surface area contributed by atoms with Crippen LogP contribution in [0.4, 0.5) is 11.5 Å². The molecule has 4 nitrogen and oxygen atoms in total. The van der Waals surface area contributed by atoms with Gasteiger partial charge in [0, 0.05) is 18.1 Å². The van der Waals surface area contributed by atoms with Crippen LogP contribution in [0, 0.1) is 0 Å². The predicted molar refractivity (Wildman–Crippen MR) is 88.1 cm³/mol. The third-order valence-corrected chi connectivity index (χ3v) is 3.47. The molecule has 0 unspecified atom stereocenters. The van der Waals surface area contributed by atoms with E-state index in [2.05, 4.69) is 10.3 Å². The first kappa shape index (κ1) is 12.6. The fraction of sp³-hybridized carbons (Fsp3) is 0. The van der Waals surface area contributed by atoms with E-state index >= 15 is 0 Å². The molecule has 22 heavy (non-hydrogen) atoms. The Labute approximate surface area is 128 Å². The van der Waals surface area contributed by atoms with Crippen molar-refractivity contribution in [2.75, 3.05) is 5.32 Å². The van der Waals surface area contributed by atoms with Gasteiger partial charge in [-0.15, -0.1) is 0 Å². The number of hydrogen-bond acceptors (Lipinski definition) is 3. The summed E-state index contributed by atoms with van der Waals surface area (Å²) in [6, 6.07) is 21.9. The first-order valence-corrected chi connectivity index (χ1v) is 7.12. The van der Waals surface area contributed by atoms with Crippen LogP contribution in [0.1, 0.15) is 0 Å². The maximum atomic E-state index is 4.72. The minimum absolute atomic E-state index is 0.843. The number of nitrogens with zero attached hydrogens (tertiary/aromatic N) is 3. The summed E-state index contributed by atoms with van der Waals surface area (Å²) in [5.74, 6) is 0.917. The number of pyridine rings is 2. The minimum Gasteiger partial charge on any atom is -0.339 e. The first-order valence-electron chi connectivity index (χ1n) is 7.12. The lowest BCUT2D eigenvalue weighted by Gasteiger charge is -2.08. The molecule has 0 spiro atoms. The van der Waals surface area contributed by atoms with Crippen molar-refractivity contribution in [1.82, 2.24) is 14.4 Å². The number of para-hydroxylation sites is 1. The van der Waals surface area contributed by atoms with Crippen LogP contribution in [-0.2, 0) is 0 Å². The van der Waals surface area contributed by atoms with E-state index in [0.29, 0.717) is 0 Å². The quantitative estimate of drug-likeness (QED) is 0.615. The predicted octanol–water partition coefficient (Wildman–Crippen LogP) is 4.14. The largest absolute Gasteiger partial charge is 0.339 e. The zero-order chi connectivity index (χ0) is 14.8. The van der Waals surface area contributed by atoms with E-state index in [4.69, 9.17) is 4.98 Å². The van der Waals surface area contributed by atoms with Crippen molar-refractivity contribution in [3.8, 4) is 11.4 Å². The van der Waals surface area contributed by atoms with Gasteiger partial charge in [-0.2, -0.15) is 0 Å². The van der Waals surface area contributed by atoms with Crippen molar-refractivity contribution in [2.45, 2.75) is 0 Å². The molecule has 0 saturated heterocycles. The first-order chi connectivity index (χ1) is 10.9. The molecule has 0 bridgehead atoms. The standard InChI is InChI=1S/C18H14N4/c1-2-8-14(9-3-1)20-18-17(15-10-4-6-12-19-15)21-16-11-5-7-13-22(16)18/h1-13,20H. The Bertz CT molecular complexity index is 898. The van der Waals surface area contributed by atoms with Gasteiger partial charge in [-0.25, -0.2) is 4.98 Å². The average Bonchev–Trinajstić information content (AvgIpc) is 2.95. The number of anilines is 2. The Morgan fingerprint density at radius 1 is 0.818 bits per heavy atom. The van der Waals surface area contributed by atoms with E-state index < -0.39 is 0 Å². The zero-order valence-corrected chi connectivity index (χ0v) is 11.8. The summed E-state index contributed by atoms with van der Waals surface area (Å²) in [6.07, 6.45) is 3.78. The van der Waals surface area contributed by atoms with E-state index in [0.717, 1.165) is 28.5 Å². The topological polar surface area (TPSA) is 42.2 Å². The lowest BCUT2D eigenvalue weighted by atomic mass is 10.2. The molecule has 3 aromatic heterocycles. The number of benzene rings is 1. The molecule has 4 heteroatoms. The number of rotatable bonds is 3. The van der Waals surface area contributed by atoms with Gasteiger partial charge in [0.05, 0.1) is 5.69 Å². The van der Waals surface area contributed by atoms with E-state index in [9.17, 15) is 0 Å². The molecule has 3 heterocycles. The van der Waals surface area contributed by atoms with Crippen molar-refractivity contribution in [2.24, 2.45) is 0 Å². The minimum atomic E-state index is 0.843. The van der Waals surface area contributed by atoms with E-state index in [-0.39, 0.29) is 0 Å². The van der Waals surface area contributed by atoms with Gasteiger partial charge < -0.3 is 5.32 Å². The van der Waals surface area contributed by atoms with Crippen LogP contribution in [0.2, 0.25) is 0 Å². The van der Waals surface area contributed by atoms with Gasteiger partial charge in [0.1, 0.15) is 17.2 Å². The molecule has 0 aliphatic carbocycles. The molecule has 0 saturated carbocycles. The second-order valence-electron chi connectivity index (χ2n) is 4.94. The molecule has 106 valence electrons. The summed E-state index contributed by atoms with van der Waals surface area (Å²) >= 11 is 0. The lowest BCUT2D eigenvalue weighted by molar-refractivity contribution is 1.18. The van der Waals surface area contributed by atoms with Gasteiger partial charge in [-0.1, -0.05) is 30.3 Å². The molecular formula is C18H14N4. The summed E-state index contributed by atoms with van der Waals surface area (Å²) in [5, 5.41) is 3.45. The number of hydrogen-bond donors (Lipinski definition) is 1. The second-order valence-corrected chi connectivity index (χ2v) is 4.94. The van der Waals surface area contributed by atoms with Crippen LogP contribution < -0.4 is 5.32 Å². The number of imidazole rings is 1. The Hall–Kier alpha value is -3.14. The van der Waals surface area contributed by atoms with Crippen molar-refractivity contribution in [1.29, 1.82) is 0 Å². The van der Waals surface area contributed by atoms with Gasteiger partial charge >= 0.3 is 0 Å². The number of nitrogens with one attached hydrogen (secondary N) is 1. The summed E-state index contributed by atoms with van der Waals surface area (Å²) < 4.78 is 2.04. The zero-order valence-electron chi connectivity index (χ0n) is 11.8. The Morgan fingerprint density at radius 3 is 2.45 bits per heavy atom. The van der Waals surface area contributed by atoms with E-state index in [1.54, 1.807) is 6.20 Å². The molecule has 1 N–H and O–H groups in total. The highest BCUT2D eigenvalue weighted by Gasteiger charge is 2.14. The summed E-state index contributed by atoms with van der Waals surface area (Å²) in [6.45, 7) is 0. The molecule has 0 aliphatic heterocycles. The van der Waals surface area contributed by atoms with Gasteiger partial charge in [-0.3, -0.25) is 9.38 Å². The highest BCUT2D eigenvalue weighted by atomic mass is 15.1. The fourth-order valence-corrected chi connectivity index (χ4v) is 2.45. The van der Waals surface area contributed by atoms with Crippen LogP contribution in [0.15, 0.2) is 79.1 Å². The molecule has 0 radical (unpaired) electrons. The molecule has 0 fully saturated rings. The smallest absolute Gasteiger partial charge is 0.144 e. The molecule has 4 rings (SSSR count). The molecule has 4 aromatic rings. The van der Waals surface area contributed by atoms with Gasteiger partial charge in [0.25, 0.3) is 0 Å². The lowest BCUT2D eigenvalue weighted by Crippen LogP contribution is -1.97. The van der Waals surface area contributed by atoms with Crippen LogP contribution in [0.5, 0.6) is 0 Å². The molecule has 1 aromatic carbocycles. The van der Waals surface area contributed by atoms with Crippen molar-refractivity contribution < 1.29 is 0 Å². The summed E-state index contributed by atoms with van der Waals surface area (Å²) in [4.78, 5) is 9.15. The maximum absolute atomic E-state index is 4.72. The van der Waals surface area contributed by atoms with Crippen LogP contribution in [0.25, 0.3) is 17.0 Å². The maximum Gasteiger partial charge on any atom is 0.144 e. The fourth-order valence-electron chi connectivity index (χ4n) is 2.45.